The molecule has 2 rings (SSSR count). The molecule has 1 aromatic carbocycles. The third kappa shape index (κ3) is 2.19. The molecule has 1 aliphatic rings. The van der Waals surface area contributed by atoms with E-state index in [-0.39, 0.29) is 5.75 Å². The standard InChI is InChI=1S/C13H16F3NO/c1-18-11-9(12(17)7-2-3-8-12)5-4-6-10(11)13(14,15)16/h4-6H,2-3,7-8,17H2,1H3. The number of methoxy groups -OCH3 is 1. The molecule has 0 radical (unpaired) electrons. The van der Waals surface area contributed by atoms with Gasteiger partial charge in [-0.3, -0.25) is 0 Å². The Balaban J connectivity index is 2.55. The Morgan fingerprint density at radius 1 is 1.22 bits per heavy atom. The molecule has 0 aromatic heterocycles. The van der Waals surface area contributed by atoms with E-state index in [0.29, 0.717) is 18.4 Å². The van der Waals surface area contributed by atoms with Crippen molar-refractivity contribution >= 4 is 0 Å². The van der Waals surface area contributed by atoms with E-state index in [2.05, 4.69) is 0 Å². The first-order valence-electron chi connectivity index (χ1n) is 5.92. The number of ether oxygens (including phenoxy) is 1. The maximum absolute atomic E-state index is 12.9. The molecule has 0 spiro atoms. The van der Waals surface area contributed by atoms with Gasteiger partial charge in [0.25, 0.3) is 0 Å². The number of benzene rings is 1. The summed E-state index contributed by atoms with van der Waals surface area (Å²) in [6.07, 6.45) is -1.14. The first kappa shape index (κ1) is 13.2. The van der Waals surface area contributed by atoms with Crippen LogP contribution in [-0.4, -0.2) is 7.11 Å². The van der Waals surface area contributed by atoms with Crippen molar-refractivity contribution in [3.05, 3.63) is 29.3 Å². The second-order valence-corrected chi connectivity index (χ2v) is 4.75. The van der Waals surface area contributed by atoms with Crippen LogP contribution in [0.25, 0.3) is 0 Å². The Kier molecular flexibility index (Phi) is 3.27. The van der Waals surface area contributed by atoms with Crippen LogP contribution in [0.1, 0.15) is 36.8 Å². The van der Waals surface area contributed by atoms with Gasteiger partial charge in [0.15, 0.2) is 0 Å². The van der Waals surface area contributed by atoms with Gasteiger partial charge in [-0.05, 0) is 18.9 Å². The van der Waals surface area contributed by atoms with Crippen molar-refractivity contribution in [2.24, 2.45) is 5.73 Å². The van der Waals surface area contributed by atoms with Crippen LogP contribution in [0, 0.1) is 0 Å². The Hall–Kier alpha value is -1.23. The lowest BCUT2D eigenvalue weighted by molar-refractivity contribution is -0.138. The monoisotopic (exact) mass is 259 g/mol. The van der Waals surface area contributed by atoms with Crippen molar-refractivity contribution < 1.29 is 17.9 Å². The van der Waals surface area contributed by atoms with E-state index >= 15 is 0 Å². The summed E-state index contributed by atoms with van der Waals surface area (Å²) in [5.74, 6) is -0.130. The van der Waals surface area contributed by atoms with Crippen LogP contribution in [0.5, 0.6) is 5.75 Å². The smallest absolute Gasteiger partial charge is 0.419 e. The minimum Gasteiger partial charge on any atom is -0.496 e. The normalized spacial score (nSPS) is 18.9. The SMILES string of the molecule is COc1c(C(F)(F)F)cccc1C1(N)CCCC1. The lowest BCUT2D eigenvalue weighted by Crippen LogP contribution is -2.34. The van der Waals surface area contributed by atoms with Crippen LogP contribution in [0.4, 0.5) is 13.2 Å². The molecule has 2 nitrogen and oxygen atoms in total. The number of rotatable bonds is 2. The summed E-state index contributed by atoms with van der Waals surface area (Å²) >= 11 is 0. The van der Waals surface area contributed by atoms with Crippen LogP contribution >= 0.6 is 0 Å². The summed E-state index contributed by atoms with van der Waals surface area (Å²) in [5, 5.41) is 0. The molecule has 5 heteroatoms. The van der Waals surface area contributed by atoms with Gasteiger partial charge < -0.3 is 10.5 Å². The Morgan fingerprint density at radius 3 is 2.33 bits per heavy atom. The summed E-state index contributed by atoms with van der Waals surface area (Å²) in [4.78, 5) is 0. The summed E-state index contributed by atoms with van der Waals surface area (Å²) in [6.45, 7) is 0. The van der Waals surface area contributed by atoms with Gasteiger partial charge in [0.05, 0.1) is 12.7 Å². The van der Waals surface area contributed by atoms with Crippen LogP contribution in [0.2, 0.25) is 0 Å². The van der Waals surface area contributed by atoms with Gasteiger partial charge in [-0.15, -0.1) is 0 Å². The number of hydrogen-bond acceptors (Lipinski definition) is 2. The van der Waals surface area contributed by atoms with Gasteiger partial charge in [-0.25, -0.2) is 0 Å². The van der Waals surface area contributed by atoms with Crippen LogP contribution in [0.3, 0.4) is 0 Å². The van der Waals surface area contributed by atoms with Crippen molar-refractivity contribution in [1.29, 1.82) is 0 Å². The fourth-order valence-electron chi connectivity index (χ4n) is 2.65. The van der Waals surface area contributed by atoms with E-state index in [1.165, 1.54) is 13.2 Å². The number of halogens is 3. The zero-order valence-corrected chi connectivity index (χ0v) is 10.2. The van der Waals surface area contributed by atoms with Gasteiger partial charge in [0, 0.05) is 11.1 Å². The Labute approximate surface area is 104 Å². The van der Waals surface area contributed by atoms with Crippen molar-refractivity contribution in [2.75, 3.05) is 7.11 Å². The number of nitrogens with two attached hydrogens (primary N) is 1. The lowest BCUT2D eigenvalue weighted by atomic mass is 9.87. The Bertz CT molecular complexity index is 436. The molecular formula is C13H16F3NO. The van der Waals surface area contributed by atoms with Crippen molar-refractivity contribution in [1.82, 2.24) is 0 Å². The highest BCUT2D eigenvalue weighted by Gasteiger charge is 2.40. The molecule has 1 saturated carbocycles. The molecule has 0 heterocycles. The highest BCUT2D eigenvalue weighted by Crippen LogP contribution is 2.45. The van der Waals surface area contributed by atoms with Crippen molar-refractivity contribution in [3.63, 3.8) is 0 Å². The summed E-state index contributed by atoms with van der Waals surface area (Å²) in [7, 11) is 1.26. The second-order valence-electron chi connectivity index (χ2n) is 4.75. The molecule has 2 N–H and O–H groups in total. The maximum Gasteiger partial charge on any atom is 0.419 e. The van der Waals surface area contributed by atoms with Gasteiger partial charge >= 0.3 is 6.18 Å². The fourth-order valence-corrected chi connectivity index (χ4v) is 2.65. The first-order chi connectivity index (χ1) is 8.38. The third-order valence-corrected chi connectivity index (χ3v) is 3.56. The number of hydrogen-bond donors (Lipinski definition) is 1. The van der Waals surface area contributed by atoms with Gasteiger partial charge in [-0.1, -0.05) is 25.0 Å². The van der Waals surface area contributed by atoms with Crippen molar-refractivity contribution in [3.8, 4) is 5.75 Å². The van der Waals surface area contributed by atoms with Gasteiger partial charge in [0.2, 0.25) is 0 Å². The average molecular weight is 259 g/mol. The molecule has 0 bridgehead atoms. The largest absolute Gasteiger partial charge is 0.496 e. The molecule has 1 aliphatic carbocycles. The zero-order chi connectivity index (χ0) is 13.4. The fraction of sp³-hybridized carbons (Fsp3) is 0.538. The van der Waals surface area contributed by atoms with Gasteiger partial charge in [0.1, 0.15) is 5.75 Å². The Morgan fingerprint density at radius 2 is 1.83 bits per heavy atom. The predicted molar refractivity (Wildman–Crippen MR) is 62.3 cm³/mol. The van der Waals surface area contributed by atoms with E-state index in [9.17, 15) is 13.2 Å². The third-order valence-electron chi connectivity index (χ3n) is 3.56. The number of alkyl halides is 3. The van der Waals surface area contributed by atoms with Crippen LogP contribution in [0.15, 0.2) is 18.2 Å². The summed E-state index contributed by atoms with van der Waals surface area (Å²) < 4.78 is 43.7. The minimum atomic E-state index is -4.42. The molecule has 1 fully saturated rings. The molecule has 0 unspecified atom stereocenters. The van der Waals surface area contributed by atoms with E-state index in [1.54, 1.807) is 6.07 Å². The van der Waals surface area contributed by atoms with Crippen molar-refractivity contribution in [2.45, 2.75) is 37.4 Å². The summed E-state index contributed by atoms with van der Waals surface area (Å²) in [6, 6.07) is 4.06. The topological polar surface area (TPSA) is 35.2 Å². The van der Waals surface area contributed by atoms with Crippen LogP contribution in [-0.2, 0) is 11.7 Å². The average Bonchev–Trinajstić information content (AvgIpc) is 2.75. The van der Waals surface area contributed by atoms with Gasteiger partial charge in [-0.2, -0.15) is 13.2 Å². The zero-order valence-electron chi connectivity index (χ0n) is 10.2. The van der Waals surface area contributed by atoms with E-state index in [1.807, 2.05) is 0 Å². The van der Waals surface area contributed by atoms with E-state index < -0.39 is 17.3 Å². The summed E-state index contributed by atoms with van der Waals surface area (Å²) in [5.41, 5.74) is 5.25. The molecule has 0 amide bonds. The molecule has 18 heavy (non-hydrogen) atoms. The predicted octanol–water partition coefficient (Wildman–Crippen LogP) is 3.44. The molecular weight excluding hydrogens is 243 g/mol. The molecule has 0 saturated heterocycles. The number of para-hydroxylation sites is 1. The quantitative estimate of drug-likeness (QED) is 0.883. The molecule has 0 aliphatic heterocycles. The van der Waals surface area contributed by atoms with E-state index in [0.717, 1.165) is 18.9 Å². The van der Waals surface area contributed by atoms with E-state index in [4.69, 9.17) is 10.5 Å². The maximum atomic E-state index is 12.9. The van der Waals surface area contributed by atoms with Crippen LogP contribution < -0.4 is 10.5 Å². The highest BCUT2D eigenvalue weighted by molar-refractivity contribution is 5.47. The highest BCUT2D eigenvalue weighted by atomic mass is 19.4. The second kappa shape index (κ2) is 4.46. The minimum absolute atomic E-state index is 0.130. The first-order valence-corrected chi connectivity index (χ1v) is 5.92. The molecule has 100 valence electrons. The molecule has 0 atom stereocenters. The lowest BCUT2D eigenvalue weighted by Gasteiger charge is -2.27. The molecule has 1 aromatic rings.